The van der Waals surface area contributed by atoms with Gasteiger partial charge in [-0.1, -0.05) is 6.92 Å². The van der Waals surface area contributed by atoms with Gasteiger partial charge >= 0.3 is 0 Å². The van der Waals surface area contributed by atoms with Gasteiger partial charge in [0.2, 0.25) is 0 Å². The highest BCUT2D eigenvalue weighted by Gasteiger charge is 2.20. The second-order valence-electron chi connectivity index (χ2n) is 4.45. The van der Waals surface area contributed by atoms with E-state index in [1.807, 2.05) is 0 Å². The summed E-state index contributed by atoms with van der Waals surface area (Å²) in [5.41, 5.74) is 1.22. The molecule has 0 saturated carbocycles. The zero-order chi connectivity index (χ0) is 12.1. The van der Waals surface area contributed by atoms with Crippen molar-refractivity contribution >= 4 is 23.1 Å². The fourth-order valence-corrected chi connectivity index (χ4v) is 4.04. The summed E-state index contributed by atoms with van der Waals surface area (Å²) in [6, 6.07) is 0.749. The Morgan fingerprint density at radius 2 is 2.47 bits per heavy atom. The van der Waals surface area contributed by atoms with Crippen molar-refractivity contribution in [1.82, 2.24) is 15.2 Å². The van der Waals surface area contributed by atoms with Gasteiger partial charge in [-0.3, -0.25) is 4.90 Å². The Labute approximate surface area is 112 Å². The highest BCUT2D eigenvalue weighted by Crippen LogP contribution is 2.22. The van der Waals surface area contributed by atoms with Crippen LogP contribution in [-0.4, -0.2) is 41.0 Å². The summed E-state index contributed by atoms with van der Waals surface area (Å²) in [5, 5.41) is 6.72. The van der Waals surface area contributed by atoms with Crippen LogP contribution in [0.2, 0.25) is 0 Å². The zero-order valence-corrected chi connectivity index (χ0v) is 12.2. The molecule has 2 rings (SSSR count). The number of aromatic nitrogens is 1. The van der Waals surface area contributed by atoms with E-state index in [0.29, 0.717) is 0 Å². The summed E-state index contributed by atoms with van der Waals surface area (Å²) in [4.78, 5) is 7.12. The Morgan fingerprint density at radius 3 is 3.18 bits per heavy atom. The van der Waals surface area contributed by atoms with Crippen LogP contribution in [0.1, 0.15) is 24.0 Å². The van der Waals surface area contributed by atoms with Crippen molar-refractivity contribution in [3.8, 4) is 0 Å². The third kappa shape index (κ3) is 3.95. The first-order valence-electron chi connectivity index (χ1n) is 6.21. The molecule has 5 heteroatoms. The van der Waals surface area contributed by atoms with Crippen molar-refractivity contribution in [2.75, 3.05) is 25.1 Å². The fourth-order valence-electron chi connectivity index (χ4n) is 1.99. The number of nitrogens with one attached hydrogen (secondary N) is 1. The van der Waals surface area contributed by atoms with Crippen molar-refractivity contribution in [3.63, 3.8) is 0 Å². The first kappa shape index (κ1) is 13.3. The first-order chi connectivity index (χ1) is 8.29. The van der Waals surface area contributed by atoms with Crippen LogP contribution >= 0.6 is 23.1 Å². The topological polar surface area (TPSA) is 28.2 Å². The van der Waals surface area contributed by atoms with Crippen LogP contribution in [0.3, 0.4) is 0 Å². The minimum atomic E-state index is 0.749. The van der Waals surface area contributed by atoms with E-state index in [4.69, 9.17) is 0 Å². The van der Waals surface area contributed by atoms with Crippen LogP contribution in [0.25, 0.3) is 0 Å². The van der Waals surface area contributed by atoms with Gasteiger partial charge in [0, 0.05) is 30.3 Å². The van der Waals surface area contributed by atoms with Gasteiger partial charge in [-0.05, 0) is 25.8 Å². The maximum Gasteiger partial charge on any atom is 0.107 e. The van der Waals surface area contributed by atoms with Crippen LogP contribution in [0.5, 0.6) is 0 Å². The number of hydrogen-bond acceptors (Lipinski definition) is 5. The smallest absolute Gasteiger partial charge is 0.107 e. The predicted octanol–water partition coefficient (Wildman–Crippen LogP) is 2.19. The van der Waals surface area contributed by atoms with Gasteiger partial charge in [0.15, 0.2) is 0 Å². The molecule has 1 fully saturated rings. The monoisotopic (exact) mass is 271 g/mol. The van der Waals surface area contributed by atoms with Crippen molar-refractivity contribution in [2.24, 2.45) is 0 Å². The van der Waals surface area contributed by atoms with Crippen molar-refractivity contribution in [1.29, 1.82) is 0 Å². The summed E-state index contributed by atoms with van der Waals surface area (Å²) in [6.45, 7) is 5.03. The van der Waals surface area contributed by atoms with E-state index < -0.39 is 0 Å². The van der Waals surface area contributed by atoms with E-state index in [9.17, 15) is 0 Å². The Bertz CT molecular complexity index is 334. The molecule has 1 aromatic heterocycles. The lowest BCUT2D eigenvalue weighted by Crippen LogP contribution is -2.31. The molecule has 0 bridgehead atoms. The van der Waals surface area contributed by atoms with Crippen molar-refractivity contribution < 1.29 is 0 Å². The van der Waals surface area contributed by atoms with Gasteiger partial charge in [0.05, 0.1) is 5.69 Å². The van der Waals surface area contributed by atoms with Gasteiger partial charge < -0.3 is 5.32 Å². The standard InChI is InChI=1S/C12H21N3S2/c1-3-13-6-12-14-10(8-17-12)7-15(2)11-4-5-16-9-11/h8,11,13H,3-7,9H2,1-2H3. The summed E-state index contributed by atoms with van der Waals surface area (Å²) >= 11 is 3.84. The maximum atomic E-state index is 4.67. The third-order valence-electron chi connectivity index (χ3n) is 3.07. The molecule has 96 valence electrons. The normalized spacial score (nSPS) is 20.3. The molecule has 17 heavy (non-hydrogen) atoms. The van der Waals surface area contributed by atoms with Gasteiger partial charge in [0.25, 0.3) is 0 Å². The average molecular weight is 271 g/mol. The van der Waals surface area contributed by atoms with Crippen LogP contribution in [0.15, 0.2) is 5.38 Å². The molecule has 0 aromatic carbocycles. The molecular formula is C12H21N3S2. The van der Waals surface area contributed by atoms with Crippen LogP contribution in [0, 0.1) is 0 Å². The third-order valence-corrected chi connectivity index (χ3v) is 5.11. The average Bonchev–Trinajstić information content (AvgIpc) is 2.97. The van der Waals surface area contributed by atoms with Crippen LogP contribution < -0.4 is 5.32 Å². The fraction of sp³-hybridized carbons (Fsp3) is 0.750. The Kier molecular flexibility index (Phi) is 5.28. The predicted molar refractivity (Wildman–Crippen MR) is 76.7 cm³/mol. The number of hydrogen-bond donors (Lipinski definition) is 1. The molecule has 1 atom stereocenters. The zero-order valence-electron chi connectivity index (χ0n) is 10.6. The van der Waals surface area contributed by atoms with Gasteiger partial charge in [0.1, 0.15) is 5.01 Å². The van der Waals surface area contributed by atoms with Crippen molar-refractivity contribution in [3.05, 3.63) is 16.1 Å². The number of rotatable bonds is 6. The second-order valence-corrected chi connectivity index (χ2v) is 6.54. The van der Waals surface area contributed by atoms with E-state index in [1.165, 1.54) is 28.6 Å². The molecule has 0 aliphatic carbocycles. The van der Waals surface area contributed by atoms with E-state index >= 15 is 0 Å². The Balaban J connectivity index is 1.83. The lowest BCUT2D eigenvalue weighted by Gasteiger charge is -2.22. The van der Waals surface area contributed by atoms with Crippen molar-refractivity contribution in [2.45, 2.75) is 32.5 Å². The number of nitrogens with zero attached hydrogens (tertiary/aromatic N) is 2. The lowest BCUT2D eigenvalue weighted by atomic mass is 10.2. The van der Waals surface area contributed by atoms with E-state index in [2.05, 4.69) is 46.3 Å². The molecular weight excluding hydrogens is 250 g/mol. The quantitative estimate of drug-likeness (QED) is 0.858. The Morgan fingerprint density at radius 1 is 1.59 bits per heavy atom. The van der Waals surface area contributed by atoms with E-state index in [-0.39, 0.29) is 0 Å². The summed E-state index contributed by atoms with van der Waals surface area (Å²) in [7, 11) is 2.22. The van der Waals surface area contributed by atoms with Crippen LogP contribution in [0.4, 0.5) is 0 Å². The molecule has 0 amide bonds. The molecule has 1 unspecified atom stereocenters. The second kappa shape index (κ2) is 6.73. The highest BCUT2D eigenvalue weighted by atomic mass is 32.2. The number of thiazole rings is 1. The molecule has 1 aliphatic heterocycles. The lowest BCUT2D eigenvalue weighted by molar-refractivity contribution is 0.252. The molecule has 0 radical (unpaired) electrons. The minimum absolute atomic E-state index is 0.749. The minimum Gasteiger partial charge on any atom is -0.311 e. The summed E-state index contributed by atoms with van der Waals surface area (Å²) in [6.07, 6.45) is 1.33. The first-order valence-corrected chi connectivity index (χ1v) is 8.25. The van der Waals surface area contributed by atoms with E-state index in [0.717, 1.165) is 25.7 Å². The maximum absolute atomic E-state index is 4.67. The largest absolute Gasteiger partial charge is 0.311 e. The molecule has 1 N–H and O–H groups in total. The van der Waals surface area contributed by atoms with E-state index in [1.54, 1.807) is 11.3 Å². The highest BCUT2D eigenvalue weighted by molar-refractivity contribution is 7.99. The molecule has 3 nitrogen and oxygen atoms in total. The molecule has 1 saturated heterocycles. The Hall–Kier alpha value is -0.100. The van der Waals surface area contributed by atoms with Crippen LogP contribution in [-0.2, 0) is 13.1 Å². The van der Waals surface area contributed by atoms with Gasteiger partial charge in [-0.25, -0.2) is 4.98 Å². The summed E-state index contributed by atoms with van der Waals surface area (Å²) in [5.74, 6) is 2.60. The SMILES string of the molecule is CCNCc1nc(CN(C)C2CCSC2)cs1. The number of thioether (sulfide) groups is 1. The van der Waals surface area contributed by atoms with Gasteiger partial charge in [-0.15, -0.1) is 11.3 Å². The molecule has 1 aromatic rings. The molecule has 1 aliphatic rings. The molecule has 0 spiro atoms. The van der Waals surface area contributed by atoms with Gasteiger partial charge in [-0.2, -0.15) is 11.8 Å². The summed E-state index contributed by atoms with van der Waals surface area (Å²) < 4.78 is 0. The molecule has 2 heterocycles.